The van der Waals surface area contributed by atoms with Crippen molar-refractivity contribution in [2.75, 3.05) is 0 Å². The minimum Gasteiger partial charge on any atom is -0.481 e. The molecule has 0 aromatic rings. The first-order valence-corrected chi connectivity index (χ1v) is 10.7. The molecule has 0 radical (unpaired) electrons. The van der Waals surface area contributed by atoms with Crippen LogP contribution in [0.4, 0.5) is 0 Å². The van der Waals surface area contributed by atoms with Crippen LogP contribution in [0.5, 0.6) is 0 Å². The highest BCUT2D eigenvalue weighted by molar-refractivity contribution is 5.96. The molecule has 3 N–H and O–H groups in total. The maximum atomic E-state index is 11.4. The molecule has 0 spiro atoms. The van der Waals surface area contributed by atoms with Gasteiger partial charge in [0.25, 0.3) is 0 Å². The summed E-state index contributed by atoms with van der Waals surface area (Å²) in [4.78, 5) is 49.7. The second-order valence-electron chi connectivity index (χ2n) is 7.40. The first-order valence-electron chi connectivity index (χ1n) is 10.7. The van der Waals surface area contributed by atoms with Crippen LogP contribution in [-0.2, 0) is 28.7 Å². The number of ether oxygens (including phenoxy) is 1. The van der Waals surface area contributed by atoms with Crippen molar-refractivity contribution in [1.29, 1.82) is 0 Å². The average Bonchev–Trinajstić information content (AvgIpc) is 2.92. The molecular formula is C22H40O8. The van der Waals surface area contributed by atoms with Gasteiger partial charge in [-0.25, -0.2) is 0 Å². The van der Waals surface area contributed by atoms with Gasteiger partial charge in [0.1, 0.15) is 0 Å². The number of rotatable bonds is 10. The molecular weight excluding hydrogens is 392 g/mol. The Morgan fingerprint density at radius 2 is 1.47 bits per heavy atom. The van der Waals surface area contributed by atoms with Crippen molar-refractivity contribution < 1.29 is 39.3 Å². The van der Waals surface area contributed by atoms with E-state index in [9.17, 15) is 14.4 Å². The van der Waals surface area contributed by atoms with E-state index in [2.05, 4.69) is 32.4 Å². The van der Waals surface area contributed by atoms with Crippen molar-refractivity contribution in [3.8, 4) is 0 Å². The Labute approximate surface area is 180 Å². The zero-order valence-corrected chi connectivity index (χ0v) is 19.2. The summed E-state index contributed by atoms with van der Waals surface area (Å²) in [5, 5.41) is 8.90. The average molecular weight is 433 g/mol. The third-order valence-corrected chi connectivity index (χ3v) is 5.59. The van der Waals surface area contributed by atoms with Gasteiger partial charge in [0, 0.05) is 0 Å². The van der Waals surface area contributed by atoms with Gasteiger partial charge < -0.3 is 15.3 Å². The standard InChI is InChI=1S/C11H18O3.C10H20O2.CO2.H2O/c1-4-6-8(5-2)9-7(3)10(12)14-11(9)13;1-4-7-8(5-2)9(6-3)10(11)12;2-1-3;/h7-9H,4-6H2,1-3H3;8-9H,4-7H2,1-3H3,(H,11,12);;1H2. The van der Waals surface area contributed by atoms with Gasteiger partial charge >= 0.3 is 24.1 Å². The second kappa shape index (κ2) is 18.9. The molecule has 0 amide bonds. The lowest BCUT2D eigenvalue weighted by atomic mass is 9.80. The zero-order valence-electron chi connectivity index (χ0n) is 19.2. The van der Waals surface area contributed by atoms with E-state index in [1.807, 2.05) is 6.92 Å². The molecule has 1 saturated heterocycles. The minimum absolute atomic E-state index is 0. The van der Waals surface area contributed by atoms with Crippen LogP contribution in [0.1, 0.15) is 86.5 Å². The van der Waals surface area contributed by atoms with Crippen molar-refractivity contribution in [3.05, 3.63) is 0 Å². The molecule has 1 fully saturated rings. The molecule has 0 aliphatic carbocycles. The number of esters is 2. The number of cyclic esters (lactones) is 2. The zero-order chi connectivity index (χ0) is 23.0. The second-order valence-corrected chi connectivity index (χ2v) is 7.40. The highest BCUT2D eigenvalue weighted by atomic mass is 16.6. The van der Waals surface area contributed by atoms with E-state index in [-0.39, 0.29) is 41.3 Å². The summed E-state index contributed by atoms with van der Waals surface area (Å²) in [6, 6.07) is 0. The number of carbonyl (C=O) groups excluding carboxylic acids is 4. The summed E-state index contributed by atoms with van der Waals surface area (Å²) >= 11 is 0. The quantitative estimate of drug-likeness (QED) is 0.409. The van der Waals surface area contributed by atoms with Crippen molar-refractivity contribution in [1.82, 2.24) is 0 Å². The lowest BCUT2D eigenvalue weighted by Crippen LogP contribution is -2.24. The Bertz CT molecular complexity index is 525. The molecule has 30 heavy (non-hydrogen) atoms. The minimum atomic E-state index is -0.627. The molecule has 176 valence electrons. The lowest BCUT2D eigenvalue weighted by Gasteiger charge is -2.20. The largest absolute Gasteiger partial charge is 0.481 e. The number of carbonyl (C=O) groups is 3. The van der Waals surface area contributed by atoms with E-state index in [0.29, 0.717) is 11.8 Å². The summed E-state index contributed by atoms with van der Waals surface area (Å²) in [6.07, 6.45) is 7.10. The van der Waals surface area contributed by atoms with Crippen LogP contribution in [0, 0.1) is 29.6 Å². The van der Waals surface area contributed by atoms with Crippen molar-refractivity contribution >= 4 is 24.1 Å². The van der Waals surface area contributed by atoms with E-state index in [4.69, 9.17) is 14.7 Å². The summed E-state index contributed by atoms with van der Waals surface area (Å²) < 4.78 is 4.64. The number of hydrogen-bond donors (Lipinski definition) is 1. The van der Waals surface area contributed by atoms with Gasteiger partial charge in [-0.3, -0.25) is 14.4 Å². The Morgan fingerprint density at radius 3 is 1.73 bits per heavy atom. The Balaban J connectivity index is -0.000000421. The number of carboxylic acid groups (broad SMARTS) is 1. The molecule has 0 bridgehead atoms. The fourth-order valence-corrected chi connectivity index (χ4v) is 3.99. The van der Waals surface area contributed by atoms with Crippen LogP contribution in [0.3, 0.4) is 0 Å². The Hall–Kier alpha value is -2.05. The summed E-state index contributed by atoms with van der Waals surface area (Å²) in [5.74, 6) is -1.21. The molecule has 1 aliphatic heterocycles. The fraction of sp³-hybridized carbons (Fsp3) is 0.818. The lowest BCUT2D eigenvalue weighted by molar-refractivity contribution is -0.191. The molecule has 0 aromatic heterocycles. The molecule has 1 rings (SSSR count). The molecule has 5 atom stereocenters. The van der Waals surface area contributed by atoms with Crippen molar-refractivity contribution in [3.63, 3.8) is 0 Å². The van der Waals surface area contributed by atoms with Crippen LogP contribution >= 0.6 is 0 Å². The predicted molar refractivity (Wildman–Crippen MR) is 111 cm³/mol. The topological polar surface area (TPSA) is 146 Å². The smallest absolute Gasteiger partial charge is 0.373 e. The van der Waals surface area contributed by atoms with Gasteiger partial charge in [0.15, 0.2) is 0 Å². The maximum Gasteiger partial charge on any atom is 0.373 e. The predicted octanol–water partition coefficient (Wildman–Crippen LogP) is 3.66. The van der Waals surface area contributed by atoms with E-state index in [0.717, 1.165) is 44.9 Å². The normalized spacial score (nSPS) is 20.1. The van der Waals surface area contributed by atoms with Crippen LogP contribution in [-0.4, -0.2) is 34.6 Å². The highest BCUT2D eigenvalue weighted by Crippen LogP contribution is 2.34. The number of hydrogen-bond acceptors (Lipinski definition) is 6. The molecule has 0 saturated carbocycles. The van der Waals surface area contributed by atoms with Gasteiger partial charge in [0.2, 0.25) is 0 Å². The maximum absolute atomic E-state index is 11.4. The first kappa shape index (κ1) is 32.6. The molecule has 5 unspecified atom stereocenters. The van der Waals surface area contributed by atoms with Gasteiger partial charge in [-0.15, -0.1) is 0 Å². The summed E-state index contributed by atoms with van der Waals surface area (Å²) in [7, 11) is 0. The van der Waals surface area contributed by atoms with Crippen LogP contribution in [0.25, 0.3) is 0 Å². The van der Waals surface area contributed by atoms with Crippen LogP contribution in [0.15, 0.2) is 0 Å². The molecule has 1 heterocycles. The molecule has 0 aromatic carbocycles. The van der Waals surface area contributed by atoms with Gasteiger partial charge in [-0.2, -0.15) is 9.59 Å². The van der Waals surface area contributed by atoms with E-state index < -0.39 is 5.97 Å². The third kappa shape index (κ3) is 11.2. The van der Waals surface area contributed by atoms with Gasteiger partial charge in [-0.05, 0) is 31.1 Å². The van der Waals surface area contributed by atoms with Crippen LogP contribution < -0.4 is 0 Å². The van der Waals surface area contributed by atoms with Crippen LogP contribution in [0.2, 0.25) is 0 Å². The van der Waals surface area contributed by atoms with Gasteiger partial charge in [0.05, 0.1) is 17.8 Å². The first-order chi connectivity index (χ1) is 13.7. The summed E-state index contributed by atoms with van der Waals surface area (Å²) in [5.41, 5.74) is 0. The fourth-order valence-electron chi connectivity index (χ4n) is 3.99. The summed E-state index contributed by atoms with van der Waals surface area (Å²) in [6.45, 7) is 12.1. The van der Waals surface area contributed by atoms with Crippen molar-refractivity contribution in [2.45, 2.75) is 86.5 Å². The molecule has 1 aliphatic rings. The van der Waals surface area contributed by atoms with E-state index in [1.54, 1.807) is 6.92 Å². The highest BCUT2D eigenvalue weighted by Gasteiger charge is 2.44. The monoisotopic (exact) mass is 432 g/mol. The van der Waals surface area contributed by atoms with Crippen molar-refractivity contribution in [2.24, 2.45) is 29.6 Å². The SMILES string of the molecule is CCCC(CC)C(CC)C(=O)O.CCCC(CC)C1C(=O)OC(=O)C1C.O.O=C=O. The Kier molecular flexibility index (Phi) is 20.6. The van der Waals surface area contributed by atoms with E-state index in [1.165, 1.54) is 0 Å². The Morgan fingerprint density at radius 1 is 0.967 bits per heavy atom. The molecule has 8 nitrogen and oxygen atoms in total. The van der Waals surface area contributed by atoms with E-state index >= 15 is 0 Å². The number of carboxylic acids is 1. The van der Waals surface area contributed by atoms with Gasteiger partial charge in [-0.1, -0.05) is 67.2 Å². The molecule has 8 heteroatoms. The number of aliphatic carboxylic acids is 1. The third-order valence-electron chi connectivity index (χ3n) is 5.59.